The van der Waals surface area contributed by atoms with Crippen LogP contribution in [0.3, 0.4) is 0 Å². The number of nitriles is 1. The first kappa shape index (κ1) is 61.9. The molecule has 1 spiro atoms. The Labute approximate surface area is 420 Å². The summed E-state index contributed by atoms with van der Waals surface area (Å²) in [7, 11) is 1.13. The molecule has 0 radical (unpaired) electrons. The molecule has 2 aliphatic heterocycles. The van der Waals surface area contributed by atoms with Gasteiger partial charge in [0.25, 0.3) is 5.91 Å². The summed E-state index contributed by atoms with van der Waals surface area (Å²) in [5.41, 5.74) is 1.87. The molecule has 2 fully saturated rings. The fourth-order valence-electron chi connectivity index (χ4n) is 9.34. The van der Waals surface area contributed by atoms with Crippen molar-refractivity contribution in [2.75, 3.05) is 34.9 Å². The Morgan fingerprint density at radius 2 is 1.72 bits per heavy atom. The molecule has 402 valence electrons. The summed E-state index contributed by atoms with van der Waals surface area (Å²) in [5, 5.41) is 67.4. The van der Waals surface area contributed by atoms with Crippen molar-refractivity contribution in [1.29, 1.82) is 5.26 Å². The number of rotatable bonds is 26. The maximum Gasteiger partial charge on any atom is 0.469 e. The Bertz CT molecular complexity index is 2110. The topological polar surface area (TPSA) is 287 Å². The fourth-order valence-corrected chi connectivity index (χ4v) is 10.0. The van der Waals surface area contributed by atoms with Crippen LogP contribution in [0.4, 0.5) is 0 Å². The van der Waals surface area contributed by atoms with Gasteiger partial charge in [-0.1, -0.05) is 77.5 Å². The summed E-state index contributed by atoms with van der Waals surface area (Å²) in [4.78, 5) is 39.5. The number of aliphatic hydroxyl groups excluding tert-OH is 5. The molecule has 1 aromatic rings. The van der Waals surface area contributed by atoms with E-state index in [0.717, 1.165) is 16.7 Å². The number of aliphatic hydroxyl groups is 5. The number of oxazole rings is 1. The molecule has 0 aliphatic carbocycles. The predicted octanol–water partition coefficient (Wildman–Crippen LogP) is 5.08. The first-order valence-electron chi connectivity index (χ1n) is 24.2. The molecular formula is C51H83N4O15P. The minimum absolute atomic E-state index is 0.0661. The molecule has 1 amide bonds. The van der Waals surface area contributed by atoms with E-state index in [1.165, 1.54) is 26.6 Å². The second-order valence-electron chi connectivity index (χ2n) is 20.4. The lowest BCUT2D eigenvalue weighted by Gasteiger charge is -2.50. The highest BCUT2D eigenvalue weighted by Crippen LogP contribution is 2.59. The van der Waals surface area contributed by atoms with E-state index in [-0.39, 0.29) is 37.7 Å². The lowest BCUT2D eigenvalue weighted by atomic mass is 9.72. The molecule has 2 unspecified atom stereocenters. The van der Waals surface area contributed by atoms with Crippen LogP contribution in [-0.2, 0) is 32.8 Å². The van der Waals surface area contributed by atoms with E-state index in [4.69, 9.17) is 33.2 Å². The van der Waals surface area contributed by atoms with Gasteiger partial charge < -0.3 is 68.9 Å². The van der Waals surface area contributed by atoms with Gasteiger partial charge in [-0.3, -0.25) is 9.32 Å². The van der Waals surface area contributed by atoms with Crippen molar-refractivity contribution in [3.05, 3.63) is 71.0 Å². The minimum Gasteiger partial charge on any atom is -0.448 e. The molecule has 8 N–H and O–H groups in total. The number of methoxy groups -OCH3 is 2. The Morgan fingerprint density at radius 1 is 1.06 bits per heavy atom. The maximum absolute atomic E-state index is 12.8. The second-order valence-corrected chi connectivity index (χ2v) is 21.6. The van der Waals surface area contributed by atoms with Crippen molar-refractivity contribution < 1.29 is 72.6 Å². The summed E-state index contributed by atoms with van der Waals surface area (Å²) in [6, 6.07) is 0.980. The number of ether oxygens (including phenoxy) is 4. The lowest BCUT2D eigenvalue weighted by Crippen LogP contribution is -2.58. The van der Waals surface area contributed by atoms with Crippen molar-refractivity contribution in [2.24, 2.45) is 23.2 Å². The predicted molar refractivity (Wildman–Crippen MR) is 267 cm³/mol. The molecule has 0 bridgehead atoms. The second kappa shape index (κ2) is 27.2. The molecule has 1 aromatic heterocycles. The van der Waals surface area contributed by atoms with Gasteiger partial charge >= 0.3 is 7.82 Å². The number of carbonyl (C=O) groups is 1. The number of aromatic nitrogens is 1. The quantitative estimate of drug-likeness (QED) is 0.0341. The summed E-state index contributed by atoms with van der Waals surface area (Å²) < 4.78 is 48.3. The smallest absolute Gasteiger partial charge is 0.448 e. The van der Waals surface area contributed by atoms with Crippen molar-refractivity contribution in [3.8, 4) is 6.07 Å². The van der Waals surface area contributed by atoms with Crippen LogP contribution >= 0.6 is 7.82 Å². The van der Waals surface area contributed by atoms with Crippen LogP contribution in [0.1, 0.15) is 112 Å². The van der Waals surface area contributed by atoms with Crippen LogP contribution in [0.5, 0.6) is 0 Å². The third-order valence-corrected chi connectivity index (χ3v) is 14.7. The van der Waals surface area contributed by atoms with E-state index in [2.05, 4.69) is 10.3 Å². The number of hydrogen-bond acceptors (Lipinski definition) is 16. The maximum atomic E-state index is 12.8. The molecule has 20 heteroatoms. The molecule has 2 aliphatic rings. The molecule has 0 saturated carbocycles. The van der Waals surface area contributed by atoms with Crippen molar-refractivity contribution >= 4 is 19.8 Å². The van der Waals surface area contributed by atoms with Gasteiger partial charge in [0.1, 0.15) is 30.3 Å². The molecule has 19 nitrogen and oxygen atoms in total. The van der Waals surface area contributed by atoms with Crippen molar-refractivity contribution in [2.45, 2.75) is 174 Å². The first-order valence-corrected chi connectivity index (χ1v) is 25.8. The van der Waals surface area contributed by atoms with E-state index < -0.39 is 104 Å². The minimum atomic E-state index is -5.16. The van der Waals surface area contributed by atoms with Gasteiger partial charge in [-0.15, -0.1) is 0 Å². The first-order chi connectivity index (χ1) is 33.0. The van der Waals surface area contributed by atoms with Crippen LogP contribution in [0, 0.1) is 34.5 Å². The van der Waals surface area contributed by atoms with Crippen LogP contribution in [0.25, 0.3) is 6.08 Å². The van der Waals surface area contributed by atoms with E-state index in [1.54, 1.807) is 52.8 Å². The number of phosphoric acid groups is 1. The van der Waals surface area contributed by atoms with Crippen LogP contribution in [0.15, 0.2) is 63.9 Å². The Balaban J connectivity index is 1.76. The number of allylic oxidation sites excluding steroid dienone is 7. The molecule has 3 rings (SSSR count). The van der Waals surface area contributed by atoms with E-state index in [0.29, 0.717) is 18.0 Å². The number of amides is 1. The van der Waals surface area contributed by atoms with E-state index in [1.807, 2.05) is 78.0 Å². The van der Waals surface area contributed by atoms with Gasteiger partial charge in [-0.2, -0.15) is 5.26 Å². The van der Waals surface area contributed by atoms with Crippen LogP contribution in [0.2, 0.25) is 0 Å². The number of nitrogens with one attached hydrogen (secondary N) is 1. The zero-order valence-corrected chi connectivity index (χ0v) is 44.9. The molecule has 16 atom stereocenters. The van der Waals surface area contributed by atoms with E-state index in [9.17, 15) is 44.7 Å². The standard InChI is InChI=1S/C51H83N4O15P/c1-29(21-22-52)17-15-18-30(2)31(3)23-32(4)43(58)36(8)39(56)25-42(66-14)46-47(70-71(62,63)64)50(9,10)51(69-46)26-40(57)35(7)41(68-51)20-16-19-37-27-67-49(54-37)33(5)24-34(6)53-48(61)45(60)44(59)38(28-65-13)55(11)12/h15-19,21,23,27,32-36,38-47,56-60H,20,24-26,28H2,1-14H3,(H,53,61)(H2,62,63,64)/b17-15+,19-16+,29-21-,30-18+,31-23+/t32-,33+,34-,35+,36+,38?,39+,40-,41+,42+,43-,44+,45+,46-,47+,51?/m0/s1. The van der Waals surface area contributed by atoms with Gasteiger partial charge in [0.15, 0.2) is 17.8 Å². The molecule has 71 heavy (non-hydrogen) atoms. The van der Waals surface area contributed by atoms with Gasteiger partial charge in [0.05, 0.1) is 49.2 Å². The monoisotopic (exact) mass is 1020 g/mol. The van der Waals surface area contributed by atoms with Gasteiger partial charge in [-0.05, 0) is 71.9 Å². The Morgan fingerprint density at radius 3 is 2.31 bits per heavy atom. The Hall–Kier alpha value is -3.42. The molecular weight excluding hydrogens is 940 g/mol. The fraction of sp³-hybridized carbons (Fsp3) is 0.706. The number of phosphoric ester groups is 1. The van der Waals surface area contributed by atoms with Crippen molar-refractivity contribution in [3.63, 3.8) is 0 Å². The summed E-state index contributed by atoms with van der Waals surface area (Å²) in [6.45, 7) is 18.2. The van der Waals surface area contributed by atoms with Gasteiger partial charge in [0, 0.05) is 68.3 Å². The number of carbonyl (C=O) groups excluding carboxylic acids is 1. The van der Waals surface area contributed by atoms with Crippen LogP contribution in [-0.4, -0.2) is 159 Å². The molecule has 3 heterocycles. The third kappa shape index (κ3) is 16.8. The highest BCUT2D eigenvalue weighted by Gasteiger charge is 2.68. The number of hydrogen-bond donors (Lipinski definition) is 8. The van der Waals surface area contributed by atoms with Gasteiger partial charge in [0.2, 0.25) is 0 Å². The highest BCUT2D eigenvalue weighted by molar-refractivity contribution is 7.46. The lowest BCUT2D eigenvalue weighted by molar-refractivity contribution is -0.334. The van der Waals surface area contributed by atoms with Crippen molar-refractivity contribution in [1.82, 2.24) is 15.2 Å². The largest absolute Gasteiger partial charge is 0.469 e. The van der Waals surface area contributed by atoms with Crippen LogP contribution < -0.4 is 5.32 Å². The Kier molecular flexibility index (Phi) is 23.7. The zero-order valence-electron chi connectivity index (χ0n) is 44.0. The normalized spacial score (nSPS) is 27.8. The molecule has 2 saturated heterocycles. The average molecular weight is 1020 g/mol. The third-order valence-electron chi connectivity index (χ3n) is 14.2. The average Bonchev–Trinajstić information content (AvgIpc) is 3.84. The zero-order chi connectivity index (χ0) is 53.8. The number of likely N-dealkylation sites (N-methyl/N-ethyl adjacent to an activating group) is 1. The summed E-state index contributed by atoms with van der Waals surface area (Å²) in [6.07, 6.45) is 4.05. The summed E-state index contributed by atoms with van der Waals surface area (Å²) >= 11 is 0. The number of nitrogens with zero attached hydrogens (tertiary/aromatic N) is 3. The van der Waals surface area contributed by atoms with Gasteiger partial charge in [-0.25, -0.2) is 9.55 Å². The van der Waals surface area contributed by atoms with E-state index >= 15 is 0 Å². The molecule has 0 aromatic carbocycles. The SMILES string of the molecule is COCC([C@@H](O)[C@@H](O)C(=O)N[C@@H](C)C[C@@H](C)c1nc(/C=C/C[C@H]2OC3(C[C@H](O)[C@H]2C)O[C@@H]([C@@H](C[C@@H](O)[C@@H](C)[C@@H](O)[C@@H](C)/C=C(C)/C(C)=C/C=C/C(C)=C\C#N)OC)[C@@H](OP(=O)(O)O)C3(C)C)co1)N(C)C. The highest BCUT2D eigenvalue weighted by atomic mass is 31.2. The summed E-state index contributed by atoms with van der Waals surface area (Å²) in [5.74, 6) is -3.67.